The Bertz CT molecular complexity index is 820. The number of carbonyl (C=O) groups excluding carboxylic acids is 1. The highest BCUT2D eigenvalue weighted by atomic mass is 16.5. The Kier molecular flexibility index (Phi) is 3.63. The lowest BCUT2D eigenvalue weighted by molar-refractivity contribution is 0.0378. The molecule has 0 saturated heterocycles. The highest BCUT2D eigenvalue weighted by Gasteiger charge is 2.10. The minimum Gasteiger partial charge on any atom is -0.459 e. The van der Waals surface area contributed by atoms with Gasteiger partial charge in [-0.1, -0.05) is 12.1 Å². The van der Waals surface area contributed by atoms with Crippen molar-refractivity contribution < 1.29 is 9.53 Å². The monoisotopic (exact) mass is 295 g/mol. The Hall–Kier alpha value is -2.69. The molecule has 3 rings (SSSR count). The van der Waals surface area contributed by atoms with Gasteiger partial charge in [0, 0.05) is 17.3 Å². The van der Waals surface area contributed by atoms with Gasteiger partial charge in [0.2, 0.25) is 0 Å². The average Bonchev–Trinajstić information content (AvgIpc) is 2.88. The van der Waals surface area contributed by atoms with Crippen molar-refractivity contribution in [2.24, 2.45) is 0 Å². The fourth-order valence-electron chi connectivity index (χ4n) is 2.20. The van der Waals surface area contributed by atoms with Crippen LogP contribution in [0.25, 0.3) is 16.9 Å². The molecule has 0 N–H and O–H groups in total. The van der Waals surface area contributed by atoms with E-state index in [0.717, 1.165) is 22.5 Å². The maximum absolute atomic E-state index is 11.8. The first-order valence-corrected chi connectivity index (χ1v) is 7.17. The molecule has 5 heteroatoms. The van der Waals surface area contributed by atoms with E-state index in [0.29, 0.717) is 5.56 Å². The second-order valence-electron chi connectivity index (χ2n) is 5.44. The van der Waals surface area contributed by atoms with Crippen LogP contribution >= 0.6 is 0 Å². The summed E-state index contributed by atoms with van der Waals surface area (Å²) in [4.78, 5) is 16.5. The minimum atomic E-state index is -0.309. The first-order chi connectivity index (χ1) is 10.5. The van der Waals surface area contributed by atoms with Crippen LogP contribution in [0.2, 0.25) is 0 Å². The van der Waals surface area contributed by atoms with Gasteiger partial charge in [0.25, 0.3) is 0 Å². The molecule has 0 fully saturated rings. The summed E-state index contributed by atoms with van der Waals surface area (Å²) in [6.45, 7) is 5.64. The van der Waals surface area contributed by atoms with Crippen molar-refractivity contribution in [2.75, 3.05) is 0 Å². The number of hydrogen-bond donors (Lipinski definition) is 0. The number of rotatable bonds is 3. The molecule has 0 unspecified atom stereocenters. The summed E-state index contributed by atoms with van der Waals surface area (Å²) in [5.41, 5.74) is 4.20. The third-order valence-corrected chi connectivity index (χ3v) is 3.30. The van der Waals surface area contributed by atoms with E-state index in [2.05, 4.69) is 10.1 Å². The number of nitrogens with zero attached hydrogens (tertiary/aromatic N) is 3. The lowest BCUT2D eigenvalue weighted by atomic mass is 10.1. The van der Waals surface area contributed by atoms with E-state index >= 15 is 0 Å². The molecule has 0 spiro atoms. The molecule has 22 heavy (non-hydrogen) atoms. The number of carbonyl (C=O) groups is 1. The molecule has 5 nitrogen and oxygen atoms in total. The van der Waals surface area contributed by atoms with E-state index in [4.69, 9.17) is 4.74 Å². The quantitative estimate of drug-likeness (QED) is 0.696. The zero-order chi connectivity index (χ0) is 15.7. The number of aryl methyl sites for hydroxylation is 1. The molecule has 1 aromatic carbocycles. The fourth-order valence-corrected chi connectivity index (χ4v) is 2.20. The van der Waals surface area contributed by atoms with Crippen molar-refractivity contribution in [1.29, 1.82) is 0 Å². The molecule has 0 aliphatic heterocycles. The van der Waals surface area contributed by atoms with Crippen LogP contribution < -0.4 is 0 Å². The highest BCUT2D eigenvalue weighted by Crippen LogP contribution is 2.19. The molecule has 2 aromatic heterocycles. The summed E-state index contributed by atoms with van der Waals surface area (Å²) < 4.78 is 6.92. The first-order valence-electron chi connectivity index (χ1n) is 7.17. The number of hydrogen-bond acceptors (Lipinski definition) is 4. The molecule has 0 amide bonds. The highest BCUT2D eigenvalue weighted by molar-refractivity contribution is 5.90. The molecule has 3 aromatic rings. The van der Waals surface area contributed by atoms with Crippen molar-refractivity contribution in [3.63, 3.8) is 0 Å². The first kappa shape index (κ1) is 14.3. The number of ether oxygens (including phenoxy) is 1. The van der Waals surface area contributed by atoms with Crippen molar-refractivity contribution in [2.45, 2.75) is 26.9 Å². The van der Waals surface area contributed by atoms with Gasteiger partial charge < -0.3 is 4.74 Å². The maximum atomic E-state index is 11.8. The van der Waals surface area contributed by atoms with Crippen LogP contribution in [0.1, 0.15) is 29.8 Å². The minimum absolute atomic E-state index is 0.124. The van der Waals surface area contributed by atoms with E-state index in [-0.39, 0.29) is 12.1 Å². The second kappa shape index (κ2) is 5.60. The lowest BCUT2D eigenvalue weighted by Gasteiger charge is -2.08. The number of fused-ring (bicyclic) bond motifs is 1. The van der Waals surface area contributed by atoms with Crippen LogP contribution in [0.3, 0.4) is 0 Å². The summed E-state index contributed by atoms with van der Waals surface area (Å²) in [7, 11) is 0. The van der Waals surface area contributed by atoms with Gasteiger partial charge in [-0.3, -0.25) is 0 Å². The third-order valence-electron chi connectivity index (χ3n) is 3.30. The molecule has 0 atom stereocenters. The fraction of sp³-hybridized carbons (Fsp3) is 0.235. The molecule has 0 radical (unpaired) electrons. The summed E-state index contributed by atoms with van der Waals surface area (Å²) >= 11 is 0. The Balaban J connectivity index is 1.90. The van der Waals surface area contributed by atoms with Gasteiger partial charge in [0.05, 0.1) is 23.6 Å². The van der Waals surface area contributed by atoms with Gasteiger partial charge in [0.15, 0.2) is 5.65 Å². The summed E-state index contributed by atoms with van der Waals surface area (Å²) in [5.74, 6) is -0.309. The van der Waals surface area contributed by atoms with Gasteiger partial charge in [-0.15, -0.1) is 0 Å². The molecular weight excluding hydrogens is 278 g/mol. The number of esters is 1. The third kappa shape index (κ3) is 2.70. The number of benzene rings is 1. The van der Waals surface area contributed by atoms with Crippen LogP contribution in [-0.2, 0) is 4.74 Å². The zero-order valence-electron chi connectivity index (χ0n) is 12.8. The normalized spacial score (nSPS) is 11.1. The van der Waals surface area contributed by atoms with Crippen LogP contribution in [-0.4, -0.2) is 26.7 Å². The molecule has 2 heterocycles. The van der Waals surface area contributed by atoms with Gasteiger partial charge >= 0.3 is 5.97 Å². The van der Waals surface area contributed by atoms with E-state index in [1.54, 1.807) is 22.8 Å². The molecule has 0 aliphatic carbocycles. The predicted molar refractivity (Wildman–Crippen MR) is 83.7 cm³/mol. The summed E-state index contributed by atoms with van der Waals surface area (Å²) in [6.07, 6.45) is 3.55. The van der Waals surface area contributed by atoms with Gasteiger partial charge in [-0.05, 0) is 39.0 Å². The summed E-state index contributed by atoms with van der Waals surface area (Å²) in [6, 6.07) is 9.17. The second-order valence-corrected chi connectivity index (χ2v) is 5.44. The predicted octanol–water partition coefficient (Wildman–Crippen LogP) is 3.27. The van der Waals surface area contributed by atoms with Crippen molar-refractivity contribution in [1.82, 2.24) is 14.6 Å². The maximum Gasteiger partial charge on any atom is 0.338 e. The topological polar surface area (TPSA) is 56.5 Å². The summed E-state index contributed by atoms with van der Waals surface area (Å²) in [5, 5.41) is 4.21. The van der Waals surface area contributed by atoms with Crippen molar-refractivity contribution >= 4 is 11.6 Å². The molecule has 0 bridgehead atoms. The van der Waals surface area contributed by atoms with Gasteiger partial charge in [-0.2, -0.15) is 5.10 Å². The Morgan fingerprint density at radius 2 is 1.91 bits per heavy atom. The van der Waals surface area contributed by atoms with Gasteiger partial charge in [-0.25, -0.2) is 14.3 Å². The van der Waals surface area contributed by atoms with E-state index < -0.39 is 0 Å². The Morgan fingerprint density at radius 3 is 2.59 bits per heavy atom. The number of aromatic nitrogens is 3. The van der Waals surface area contributed by atoms with Crippen LogP contribution in [0.4, 0.5) is 0 Å². The average molecular weight is 295 g/mol. The van der Waals surface area contributed by atoms with Crippen molar-refractivity contribution in [3.05, 3.63) is 53.9 Å². The van der Waals surface area contributed by atoms with Crippen molar-refractivity contribution in [3.8, 4) is 11.3 Å². The molecular formula is C17H17N3O2. The van der Waals surface area contributed by atoms with Crippen LogP contribution in [0.15, 0.2) is 42.7 Å². The molecule has 0 saturated carbocycles. The molecule has 112 valence electrons. The lowest BCUT2D eigenvalue weighted by Crippen LogP contribution is -2.11. The zero-order valence-corrected chi connectivity index (χ0v) is 12.8. The van der Waals surface area contributed by atoms with Crippen LogP contribution in [0.5, 0.6) is 0 Å². The smallest absolute Gasteiger partial charge is 0.338 e. The SMILES string of the molecule is Cc1cnn2ccc(-c3ccc(C(=O)OC(C)C)cc3)nc12. The molecule has 0 aliphatic rings. The standard InChI is InChI=1S/C17H17N3O2/c1-11(2)22-17(21)14-6-4-13(5-7-14)15-8-9-20-16(19-15)12(3)10-18-20/h4-11H,1-3H3. The Morgan fingerprint density at radius 1 is 1.18 bits per heavy atom. The van der Waals surface area contributed by atoms with E-state index in [9.17, 15) is 4.79 Å². The Labute approximate surface area is 128 Å². The van der Waals surface area contributed by atoms with E-state index in [1.807, 2.05) is 45.2 Å². The van der Waals surface area contributed by atoms with E-state index in [1.165, 1.54) is 0 Å². The largest absolute Gasteiger partial charge is 0.459 e. The van der Waals surface area contributed by atoms with Gasteiger partial charge in [0.1, 0.15) is 0 Å². The van der Waals surface area contributed by atoms with Crippen LogP contribution in [0, 0.1) is 6.92 Å².